The van der Waals surface area contributed by atoms with E-state index in [0.29, 0.717) is 0 Å². The van der Waals surface area contributed by atoms with Gasteiger partial charge in [-0.1, -0.05) is 17.7 Å². The molecule has 0 heterocycles. The van der Waals surface area contributed by atoms with E-state index in [1.54, 1.807) is 12.1 Å². The van der Waals surface area contributed by atoms with Crippen LogP contribution in [0.4, 0.5) is 5.69 Å². The van der Waals surface area contributed by atoms with Gasteiger partial charge in [-0.25, -0.2) is 18.0 Å². The summed E-state index contributed by atoms with van der Waals surface area (Å²) in [5, 5.41) is 10.4. The van der Waals surface area contributed by atoms with Gasteiger partial charge in [0.05, 0.1) is 24.8 Å². The van der Waals surface area contributed by atoms with Gasteiger partial charge in [-0.2, -0.15) is 0 Å². The molecule has 0 spiro atoms. The van der Waals surface area contributed by atoms with Crippen LogP contribution in [0, 0.1) is 20.8 Å². The van der Waals surface area contributed by atoms with Crippen molar-refractivity contribution in [1.29, 1.82) is 0 Å². The number of hydrogen-bond donors (Lipinski definition) is 2. The molecule has 2 aromatic rings. The molecule has 0 radical (unpaired) electrons. The Morgan fingerprint density at radius 1 is 0.893 bits per heavy atom. The van der Waals surface area contributed by atoms with Crippen LogP contribution in [0.15, 0.2) is 29.2 Å². The second-order valence-electron chi connectivity index (χ2n) is 6.13. The van der Waals surface area contributed by atoms with E-state index in [1.807, 2.05) is 6.92 Å². The zero-order valence-electron chi connectivity index (χ0n) is 16.1. The first-order valence-electron chi connectivity index (χ1n) is 8.17. The minimum Gasteiger partial charge on any atom is -0.506 e. The largest absolute Gasteiger partial charge is 0.506 e. The standard InChI is InChI=1S/C19H21NO7S/c1-10-6-8-13(9-7-10)28(24,25)20-16-11(2)14(18(22)26-4)17(21)15(12(16)3)19(23)27-5/h6-9,20-21H,1-5H3. The number of benzene rings is 2. The summed E-state index contributed by atoms with van der Waals surface area (Å²) >= 11 is 0. The molecule has 0 bridgehead atoms. The fourth-order valence-corrected chi connectivity index (χ4v) is 3.97. The number of aromatic hydroxyl groups is 1. The predicted octanol–water partition coefficient (Wildman–Crippen LogP) is 2.69. The highest BCUT2D eigenvalue weighted by Crippen LogP contribution is 2.38. The van der Waals surface area contributed by atoms with E-state index in [4.69, 9.17) is 0 Å². The van der Waals surface area contributed by atoms with Crippen molar-refractivity contribution in [2.75, 3.05) is 18.9 Å². The Hall–Kier alpha value is -3.07. The van der Waals surface area contributed by atoms with Gasteiger partial charge in [-0.15, -0.1) is 0 Å². The SMILES string of the molecule is COC(=O)c1c(C)c(NS(=O)(=O)c2ccc(C)cc2)c(C)c(C(=O)OC)c1O. The van der Waals surface area contributed by atoms with Crippen molar-refractivity contribution in [3.63, 3.8) is 0 Å². The van der Waals surface area contributed by atoms with Crippen molar-refractivity contribution >= 4 is 27.6 Å². The van der Waals surface area contributed by atoms with Crippen LogP contribution in [0.2, 0.25) is 0 Å². The zero-order chi connectivity index (χ0) is 21.2. The monoisotopic (exact) mass is 407 g/mol. The number of phenols is 1. The average Bonchev–Trinajstić information content (AvgIpc) is 2.65. The smallest absolute Gasteiger partial charge is 0.342 e. The lowest BCUT2D eigenvalue weighted by Gasteiger charge is -2.20. The Kier molecular flexibility index (Phi) is 5.98. The van der Waals surface area contributed by atoms with Gasteiger partial charge in [-0.05, 0) is 44.0 Å². The summed E-state index contributed by atoms with van der Waals surface area (Å²) < 4.78 is 37.3. The van der Waals surface area contributed by atoms with E-state index in [-0.39, 0.29) is 32.8 Å². The quantitative estimate of drug-likeness (QED) is 0.578. The number of methoxy groups -OCH3 is 2. The number of rotatable bonds is 5. The van der Waals surface area contributed by atoms with Gasteiger partial charge >= 0.3 is 11.9 Å². The fourth-order valence-electron chi connectivity index (χ4n) is 2.78. The molecule has 0 saturated carbocycles. The summed E-state index contributed by atoms with van der Waals surface area (Å²) in [5.41, 5.74) is 0.455. The number of carbonyl (C=O) groups excluding carboxylic acids is 2. The number of esters is 2. The molecule has 0 aliphatic carbocycles. The van der Waals surface area contributed by atoms with Crippen molar-refractivity contribution in [3.8, 4) is 5.75 Å². The van der Waals surface area contributed by atoms with Crippen LogP contribution in [-0.2, 0) is 19.5 Å². The van der Waals surface area contributed by atoms with E-state index >= 15 is 0 Å². The molecule has 0 aromatic heterocycles. The molecule has 2 aromatic carbocycles. The number of hydrogen-bond acceptors (Lipinski definition) is 7. The van der Waals surface area contributed by atoms with Crippen LogP contribution in [0.3, 0.4) is 0 Å². The van der Waals surface area contributed by atoms with Gasteiger partial charge < -0.3 is 14.6 Å². The predicted molar refractivity (Wildman–Crippen MR) is 102 cm³/mol. The number of sulfonamides is 1. The first kappa shape index (κ1) is 21.2. The lowest BCUT2D eigenvalue weighted by molar-refractivity contribution is 0.0591. The molecule has 0 aliphatic heterocycles. The van der Waals surface area contributed by atoms with Crippen LogP contribution in [0.25, 0.3) is 0 Å². The molecular weight excluding hydrogens is 386 g/mol. The Morgan fingerprint density at radius 2 is 1.32 bits per heavy atom. The van der Waals surface area contributed by atoms with Crippen molar-refractivity contribution in [1.82, 2.24) is 0 Å². The lowest BCUT2D eigenvalue weighted by atomic mass is 9.95. The average molecular weight is 407 g/mol. The molecule has 0 saturated heterocycles. The summed E-state index contributed by atoms with van der Waals surface area (Å²) in [6.45, 7) is 4.70. The molecular formula is C19H21NO7S. The normalized spacial score (nSPS) is 11.0. The Morgan fingerprint density at radius 3 is 1.71 bits per heavy atom. The molecule has 0 amide bonds. The first-order chi connectivity index (χ1) is 13.0. The number of anilines is 1. The van der Waals surface area contributed by atoms with Crippen molar-refractivity contribution in [3.05, 3.63) is 52.1 Å². The van der Waals surface area contributed by atoms with Crippen LogP contribution in [-0.4, -0.2) is 39.7 Å². The van der Waals surface area contributed by atoms with Gasteiger partial charge in [0.15, 0.2) is 0 Å². The van der Waals surface area contributed by atoms with Crippen molar-refractivity contribution in [2.45, 2.75) is 25.7 Å². The fraction of sp³-hybridized carbons (Fsp3) is 0.263. The molecule has 9 heteroatoms. The van der Waals surface area contributed by atoms with Crippen LogP contribution < -0.4 is 4.72 Å². The number of carbonyl (C=O) groups is 2. The molecule has 0 fully saturated rings. The van der Waals surface area contributed by atoms with Crippen molar-refractivity contribution < 1.29 is 32.6 Å². The van der Waals surface area contributed by atoms with Gasteiger partial charge in [0, 0.05) is 0 Å². The third-order valence-electron chi connectivity index (χ3n) is 4.32. The summed E-state index contributed by atoms with van der Waals surface area (Å²) in [5.74, 6) is -2.47. The molecule has 2 rings (SSSR count). The van der Waals surface area contributed by atoms with E-state index in [2.05, 4.69) is 14.2 Å². The molecule has 0 aliphatic rings. The molecule has 8 nitrogen and oxygen atoms in total. The summed E-state index contributed by atoms with van der Waals surface area (Å²) in [6, 6.07) is 6.16. The molecule has 28 heavy (non-hydrogen) atoms. The van der Waals surface area contributed by atoms with E-state index < -0.39 is 27.7 Å². The second kappa shape index (κ2) is 7.89. The Bertz CT molecular complexity index is 998. The zero-order valence-corrected chi connectivity index (χ0v) is 16.9. The molecule has 150 valence electrons. The minimum absolute atomic E-state index is 0.00390. The molecule has 2 N–H and O–H groups in total. The highest BCUT2D eigenvalue weighted by atomic mass is 32.2. The maximum atomic E-state index is 12.8. The van der Waals surface area contributed by atoms with Gasteiger partial charge in [0.25, 0.3) is 10.0 Å². The van der Waals surface area contributed by atoms with Gasteiger partial charge in [-0.3, -0.25) is 4.72 Å². The number of nitrogens with one attached hydrogen (secondary N) is 1. The Labute approximate surface area is 163 Å². The highest BCUT2D eigenvalue weighted by molar-refractivity contribution is 7.92. The van der Waals surface area contributed by atoms with E-state index in [1.165, 1.54) is 26.0 Å². The van der Waals surface area contributed by atoms with Crippen molar-refractivity contribution in [2.24, 2.45) is 0 Å². The van der Waals surface area contributed by atoms with E-state index in [9.17, 15) is 23.1 Å². The topological polar surface area (TPSA) is 119 Å². The lowest BCUT2D eigenvalue weighted by Crippen LogP contribution is -2.19. The van der Waals surface area contributed by atoms with E-state index in [0.717, 1.165) is 19.8 Å². The van der Waals surface area contributed by atoms with Gasteiger partial charge in [0.1, 0.15) is 16.9 Å². The third kappa shape index (κ3) is 3.79. The van der Waals surface area contributed by atoms with Crippen LogP contribution >= 0.6 is 0 Å². The summed E-state index contributed by atoms with van der Waals surface area (Å²) in [7, 11) is -1.81. The maximum absolute atomic E-state index is 12.8. The number of ether oxygens (including phenoxy) is 2. The molecule has 0 atom stereocenters. The third-order valence-corrected chi connectivity index (χ3v) is 5.69. The minimum atomic E-state index is -4.02. The van der Waals surface area contributed by atoms with Crippen LogP contribution in [0.5, 0.6) is 5.75 Å². The van der Waals surface area contributed by atoms with Crippen LogP contribution in [0.1, 0.15) is 37.4 Å². The maximum Gasteiger partial charge on any atom is 0.342 e. The molecule has 0 unspecified atom stereocenters. The number of aryl methyl sites for hydroxylation is 1. The Balaban J connectivity index is 2.74. The second-order valence-corrected chi connectivity index (χ2v) is 7.81. The first-order valence-corrected chi connectivity index (χ1v) is 9.65. The highest BCUT2D eigenvalue weighted by Gasteiger charge is 2.30. The number of phenolic OH excluding ortho intramolecular Hbond substituents is 1. The van der Waals surface area contributed by atoms with Gasteiger partial charge in [0.2, 0.25) is 0 Å². The summed E-state index contributed by atoms with van der Waals surface area (Å²) in [6.07, 6.45) is 0. The summed E-state index contributed by atoms with van der Waals surface area (Å²) in [4.78, 5) is 24.3.